The molecule has 2 heteroatoms. The van der Waals surface area contributed by atoms with Crippen LogP contribution in [0.2, 0.25) is 0 Å². The molecule has 0 N–H and O–H groups in total. The second-order valence-corrected chi connectivity index (χ2v) is 4.75. The monoisotopic (exact) mass is 269 g/mol. The van der Waals surface area contributed by atoms with Crippen LogP contribution in [0.25, 0.3) is 0 Å². The van der Waals surface area contributed by atoms with E-state index in [1.807, 2.05) is 0 Å². The van der Waals surface area contributed by atoms with Crippen molar-refractivity contribution in [1.29, 1.82) is 0 Å². The quantitative estimate of drug-likeness (QED) is 0.380. The minimum Gasteiger partial charge on any atom is -1.00 e. The fraction of sp³-hybridized carbons (Fsp3) is 1.00. The van der Waals surface area contributed by atoms with E-state index >= 15 is 0 Å². The Balaban J connectivity index is 0.000001000. The number of quaternary nitrogens is 1. The maximum atomic E-state index is 2.37. The number of hydrogen-bond acceptors (Lipinski definition) is 0. The molecule has 0 bridgehead atoms. The van der Waals surface area contributed by atoms with Crippen LogP contribution in [-0.2, 0) is 0 Å². The summed E-state index contributed by atoms with van der Waals surface area (Å²) in [7, 11) is 4.68. The van der Waals surface area contributed by atoms with E-state index in [4.69, 9.17) is 0 Å². The first-order valence-electron chi connectivity index (χ1n) is 4.31. The third-order valence-corrected chi connectivity index (χ3v) is 2.42. The van der Waals surface area contributed by atoms with Crippen molar-refractivity contribution in [3.8, 4) is 0 Å². The smallest absolute Gasteiger partial charge is 0.0808 e. The van der Waals surface area contributed by atoms with Gasteiger partial charge in [0.1, 0.15) is 0 Å². The SMILES string of the molecule is C[C@@H]1C[C@H](C)C[N+](C)(C)C1.[I-]. The molecule has 1 nitrogen and oxygen atoms in total. The van der Waals surface area contributed by atoms with Gasteiger partial charge in [-0.3, -0.25) is 0 Å². The van der Waals surface area contributed by atoms with Crippen LogP contribution in [0.15, 0.2) is 0 Å². The van der Waals surface area contributed by atoms with Gasteiger partial charge in [0, 0.05) is 11.8 Å². The van der Waals surface area contributed by atoms with Crippen LogP contribution in [0.1, 0.15) is 20.3 Å². The van der Waals surface area contributed by atoms with E-state index < -0.39 is 0 Å². The Bertz CT molecular complexity index is 111. The van der Waals surface area contributed by atoms with Crippen molar-refractivity contribution in [3.05, 3.63) is 0 Å². The summed E-state index contributed by atoms with van der Waals surface area (Å²) in [4.78, 5) is 0. The molecule has 68 valence electrons. The van der Waals surface area contributed by atoms with Gasteiger partial charge >= 0.3 is 0 Å². The second-order valence-electron chi connectivity index (χ2n) is 4.75. The molecular formula is C9H20IN. The van der Waals surface area contributed by atoms with Gasteiger partial charge in [0.15, 0.2) is 0 Å². The minimum atomic E-state index is 0. The van der Waals surface area contributed by atoms with Gasteiger partial charge in [-0.1, -0.05) is 13.8 Å². The first-order valence-corrected chi connectivity index (χ1v) is 4.31. The van der Waals surface area contributed by atoms with Crippen molar-refractivity contribution in [2.75, 3.05) is 27.2 Å². The molecule has 1 aliphatic heterocycles. The lowest BCUT2D eigenvalue weighted by Gasteiger charge is -2.40. The van der Waals surface area contributed by atoms with E-state index in [0.29, 0.717) is 0 Å². The zero-order valence-electron chi connectivity index (χ0n) is 8.10. The Morgan fingerprint density at radius 3 is 1.64 bits per heavy atom. The molecule has 11 heavy (non-hydrogen) atoms. The third-order valence-electron chi connectivity index (χ3n) is 2.42. The van der Waals surface area contributed by atoms with E-state index in [0.717, 1.165) is 11.8 Å². The van der Waals surface area contributed by atoms with Gasteiger partial charge in [-0.25, -0.2) is 0 Å². The summed E-state index contributed by atoms with van der Waals surface area (Å²) in [6.45, 7) is 7.47. The lowest BCUT2D eigenvalue weighted by molar-refractivity contribution is -0.902. The normalized spacial score (nSPS) is 36.0. The molecule has 0 radical (unpaired) electrons. The number of nitrogens with zero attached hydrogens (tertiary/aromatic N) is 1. The van der Waals surface area contributed by atoms with Crippen LogP contribution in [-0.4, -0.2) is 31.7 Å². The number of rotatable bonds is 0. The molecule has 0 aliphatic carbocycles. The molecular weight excluding hydrogens is 249 g/mol. The fourth-order valence-corrected chi connectivity index (χ4v) is 2.60. The maximum absolute atomic E-state index is 2.37. The van der Waals surface area contributed by atoms with Crippen molar-refractivity contribution in [3.63, 3.8) is 0 Å². The number of piperidine rings is 1. The molecule has 0 unspecified atom stereocenters. The van der Waals surface area contributed by atoms with Crippen LogP contribution in [0, 0.1) is 11.8 Å². The molecule has 0 aromatic carbocycles. The highest BCUT2D eigenvalue weighted by Gasteiger charge is 2.28. The van der Waals surface area contributed by atoms with Crippen molar-refractivity contribution >= 4 is 0 Å². The fourth-order valence-electron chi connectivity index (χ4n) is 2.60. The maximum Gasteiger partial charge on any atom is 0.0808 e. The largest absolute Gasteiger partial charge is 1.00 e. The topological polar surface area (TPSA) is 0 Å². The predicted octanol–water partition coefficient (Wildman–Crippen LogP) is -1.26. The lowest BCUT2D eigenvalue weighted by atomic mass is 9.91. The summed E-state index contributed by atoms with van der Waals surface area (Å²) in [5, 5.41) is 0. The Labute approximate surface area is 87.8 Å². The van der Waals surface area contributed by atoms with Gasteiger partial charge in [0.2, 0.25) is 0 Å². The van der Waals surface area contributed by atoms with E-state index in [-0.39, 0.29) is 24.0 Å². The zero-order valence-corrected chi connectivity index (χ0v) is 10.3. The van der Waals surface area contributed by atoms with Gasteiger partial charge in [-0.05, 0) is 6.42 Å². The average molecular weight is 269 g/mol. The van der Waals surface area contributed by atoms with E-state index in [9.17, 15) is 0 Å². The number of likely N-dealkylation sites (tertiary alicyclic amines) is 1. The summed E-state index contributed by atoms with van der Waals surface area (Å²) in [6.07, 6.45) is 1.43. The van der Waals surface area contributed by atoms with Gasteiger partial charge in [-0.15, -0.1) is 0 Å². The summed E-state index contributed by atoms with van der Waals surface area (Å²) in [5.41, 5.74) is 0. The van der Waals surface area contributed by atoms with Crippen molar-refractivity contribution < 1.29 is 28.5 Å². The van der Waals surface area contributed by atoms with Crippen molar-refractivity contribution in [2.45, 2.75) is 20.3 Å². The molecule has 1 fully saturated rings. The Hall–Kier alpha value is 0.690. The molecule has 2 atom stereocenters. The van der Waals surface area contributed by atoms with E-state index in [1.54, 1.807) is 0 Å². The Kier molecular flexibility index (Phi) is 4.33. The first-order chi connectivity index (χ1) is 4.49. The highest BCUT2D eigenvalue weighted by Crippen LogP contribution is 2.23. The standard InChI is InChI=1S/C9H20N.HI/c1-8-5-9(2)7-10(3,4)6-8;/h8-9H,5-7H2,1-4H3;1H/q+1;/p-1/t8-,9+;. The van der Waals surface area contributed by atoms with Crippen LogP contribution >= 0.6 is 0 Å². The first kappa shape index (κ1) is 11.7. The molecule has 0 aromatic rings. The molecule has 0 saturated carbocycles. The molecule has 0 amide bonds. The van der Waals surface area contributed by atoms with E-state index in [2.05, 4.69) is 27.9 Å². The third kappa shape index (κ3) is 3.74. The van der Waals surface area contributed by atoms with Gasteiger partial charge in [0.25, 0.3) is 0 Å². The van der Waals surface area contributed by atoms with Gasteiger partial charge < -0.3 is 28.5 Å². The zero-order chi connectivity index (χ0) is 7.78. The number of halogens is 1. The average Bonchev–Trinajstić information content (AvgIpc) is 1.54. The molecule has 1 saturated heterocycles. The van der Waals surface area contributed by atoms with Crippen LogP contribution in [0.4, 0.5) is 0 Å². The predicted molar refractivity (Wildman–Crippen MR) is 44.8 cm³/mol. The number of hydrogen-bond donors (Lipinski definition) is 0. The minimum absolute atomic E-state index is 0. The second kappa shape index (κ2) is 4.08. The Morgan fingerprint density at radius 2 is 1.36 bits per heavy atom. The van der Waals surface area contributed by atoms with Gasteiger partial charge in [-0.2, -0.15) is 0 Å². The van der Waals surface area contributed by atoms with Crippen molar-refractivity contribution in [2.24, 2.45) is 11.8 Å². The highest BCUT2D eigenvalue weighted by molar-refractivity contribution is 4.64. The van der Waals surface area contributed by atoms with Crippen molar-refractivity contribution in [1.82, 2.24) is 0 Å². The summed E-state index contributed by atoms with van der Waals surface area (Å²) >= 11 is 0. The van der Waals surface area contributed by atoms with Crippen LogP contribution in [0.3, 0.4) is 0 Å². The molecule has 1 rings (SSSR count). The molecule has 1 aliphatic rings. The Morgan fingerprint density at radius 1 is 1.00 bits per heavy atom. The molecule has 0 spiro atoms. The molecule has 1 heterocycles. The summed E-state index contributed by atoms with van der Waals surface area (Å²) < 4.78 is 1.22. The van der Waals surface area contributed by atoms with Gasteiger partial charge in [0.05, 0.1) is 27.2 Å². The summed E-state index contributed by atoms with van der Waals surface area (Å²) in [5.74, 6) is 1.86. The summed E-state index contributed by atoms with van der Waals surface area (Å²) in [6, 6.07) is 0. The van der Waals surface area contributed by atoms with Crippen LogP contribution in [0.5, 0.6) is 0 Å². The highest BCUT2D eigenvalue weighted by atomic mass is 127. The van der Waals surface area contributed by atoms with Crippen LogP contribution < -0.4 is 24.0 Å². The van der Waals surface area contributed by atoms with E-state index in [1.165, 1.54) is 24.0 Å². The lowest BCUT2D eigenvalue weighted by Crippen LogP contribution is -3.00. The molecule has 0 aromatic heterocycles.